The minimum absolute atomic E-state index is 0.276. The van der Waals surface area contributed by atoms with E-state index in [2.05, 4.69) is 19.9 Å². The molecule has 1 N–H and O–H groups in total. The lowest BCUT2D eigenvalue weighted by Crippen LogP contribution is -2.36. The van der Waals surface area contributed by atoms with Gasteiger partial charge in [-0.05, 0) is 18.6 Å². The molecule has 0 atom stereocenters. The van der Waals surface area contributed by atoms with Crippen molar-refractivity contribution in [2.24, 2.45) is 0 Å². The fraction of sp³-hybridized carbons (Fsp3) is 0.316. The van der Waals surface area contributed by atoms with Gasteiger partial charge in [0.05, 0.1) is 16.8 Å². The number of rotatable bonds is 3. The number of hydrogen-bond acceptors (Lipinski definition) is 6. The Kier molecular flexibility index (Phi) is 4.73. The lowest BCUT2D eigenvalue weighted by atomic mass is 10.1. The molecule has 0 bridgehead atoms. The predicted octanol–water partition coefficient (Wildman–Crippen LogP) is 2.24. The zero-order valence-electron chi connectivity index (χ0n) is 15.5. The van der Waals surface area contributed by atoms with Crippen molar-refractivity contribution in [3.05, 3.63) is 62.2 Å². The summed E-state index contributed by atoms with van der Waals surface area (Å²) in [6.07, 6.45) is 1.53. The van der Waals surface area contributed by atoms with Gasteiger partial charge in [-0.1, -0.05) is 29.8 Å². The molecule has 0 saturated heterocycles. The van der Waals surface area contributed by atoms with E-state index in [0.717, 1.165) is 28.3 Å². The minimum atomic E-state index is -3.56. The van der Waals surface area contributed by atoms with Crippen LogP contribution in [0.25, 0.3) is 10.9 Å². The molecule has 0 unspecified atom stereocenters. The molecule has 0 saturated carbocycles. The zero-order chi connectivity index (χ0) is 20.1. The van der Waals surface area contributed by atoms with Crippen molar-refractivity contribution in [3.8, 4) is 0 Å². The molecule has 4 rings (SSSR count). The van der Waals surface area contributed by atoms with Gasteiger partial charge in [0.1, 0.15) is 5.15 Å². The van der Waals surface area contributed by atoms with Crippen molar-refractivity contribution in [3.63, 3.8) is 0 Å². The second-order valence-corrected chi connectivity index (χ2v) is 9.40. The normalized spacial score (nSPS) is 15.0. The maximum Gasteiger partial charge on any atom is 0.256 e. The quantitative estimate of drug-likeness (QED) is 0.517. The molecule has 2 aromatic heterocycles. The molecule has 0 spiro atoms. The molecular weight excluding hydrogens is 400 g/mol. The van der Waals surface area contributed by atoms with Crippen molar-refractivity contribution in [2.45, 2.75) is 31.6 Å². The summed E-state index contributed by atoms with van der Waals surface area (Å²) in [4.78, 5) is 25.5. The van der Waals surface area contributed by atoms with E-state index in [1.54, 1.807) is 0 Å². The van der Waals surface area contributed by atoms with Crippen LogP contribution < -0.4 is 5.56 Å². The van der Waals surface area contributed by atoms with Crippen LogP contribution in [0.4, 0.5) is 0 Å². The van der Waals surface area contributed by atoms with Gasteiger partial charge in [-0.3, -0.25) is 14.7 Å². The Morgan fingerprint density at radius 1 is 1.29 bits per heavy atom. The summed E-state index contributed by atoms with van der Waals surface area (Å²) >= 11 is 6.41. The van der Waals surface area contributed by atoms with Gasteiger partial charge in [0, 0.05) is 43.3 Å². The van der Waals surface area contributed by atoms with E-state index in [1.165, 1.54) is 0 Å². The number of sulfone groups is 1. The van der Waals surface area contributed by atoms with Gasteiger partial charge in [-0.15, -0.1) is 0 Å². The van der Waals surface area contributed by atoms with Gasteiger partial charge in [-0.25, -0.2) is 18.4 Å². The molecule has 9 heteroatoms. The first-order chi connectivity index (χ1) is 13.2. The van der Waals surface area contributed by atoms with E-state index in [9.17, 15) is 13.2 Å². The molecule has 0 aliphatic carbocycles. The predicted molar refractivity (Wildman–Crippen MR) is 107 cm³/mol. The van der Waals surface area contributed by atoms with Gasteiger partial charge in [0.15, 0.2) is 0 Å². The van der Waals surface area contributed by atoms with Gasteiger partial charge in [0.25, 0.3) is 5.56 Å². The van der Waals surface area contributed by atoms with Crippen molar-refractivity contribution < 1.29 is 8.42 Å². The standard InChI is InChI=1S/C19H19ClN4O3S/c1-11-4-3-5-12-8-13(17(20)22-16(11)12)9-24-7-6-15-14(10-24)18(25)23-19(21-15)28(2,26)27/h3-5,8H,6-7,9-10H2,1-2H3,(H,21,23,25). The summed E-state index contributed by atoms with van der Waals surface area (Å²) in [6, 6.07) is 8.01. The fourth-order valence-corrected chi connectivity index (χ4v) is 4.24. The van der Waals surface area contributed by atoms with Crippen molar-refractivity contribution in [2.75, 3.05) is 12.8 Å². The van der Waals surface area contributed by atoms with E-state index in [1.807, 2.05) is 31.2 Å². The van der Waals surface area contributed by atoms with Crippen LogP contribution in [0.15, 0.2) is 34.2 Å². The first-order valence-electron chi connectivity index (χ1n) is 8.81. The number of aromatic nitrogens is 3. The van der Waals surface area contributed by atoms with Crippen LogP contribution in [0.1, 0.15) is 22.4 Å². The summed E-state index contributed by atoms with van der Waals surface area (Å²) in [5.74, 6) is 0. The number of pyridine rings is 1. The molecule has 28 heavy (non-hydrogen) atoms. The lowest BCUT2D eigenvalue weighted by Gasteiger charge is -2.27. The Hall–Kier alpha value is -2.29. The maximum atomic E-state index is 12.4. The van der Waals surface area contributed by atoms with Crippen LogP contribution in [-0.4, -0.2) is 41.1 Å². The number of hydrogen-bond donors (Lipinski definition) is 1. The molecule has 0 radical (unpaired) electrons. The van der Waals surface area contributed by atoms with E-state index in [-0.39, 0.29) is 5.16 Å². The summed E-state index contributed by atoms with van der Waals surface area (Å²) < 4.78 is 23.4. The third kappa shape index (κ3) is 3.55. The van der Waals surface area contributed by atoms with E-state index in [0.29, 0.717) is 42.5 Å². The first kappa shape index (κ1) is 19.0. The number of fused-ring (bicyclic) bond motifs is 2. The molecular formula is C19H19ClN4O3S. The van der Waals surface area contributed by atoms with Crippen LogP contribution >= 0.6 is 11.6 Å². The summed E-state index contributed by atoms with van der Waals surface area (Å²) in [5.41, 5.74) is 3.47. The SMILES string of the molecule is Cc1cccc2cc(CN3CCc4nc(S(C)(=O)=O)[nH]c(=O)c4C3)c(Cl)nc12. The number of aromatic amines is 1. The fourth-order valence-electron chi connectivity index (χ4n) is 3.49. The smallest absolute Gasteiger partial charge is 0.256 e. The zero-order valence-corrected chi connectivity index (χ0v) is 17.1. The van der Waals surface area contributed by atoms with Gasteiger partial charge in [0.2, 0.25) is 15.0 Å². The van der Waals surface area contributed by atoms with Crippen molar-refractivity contribution in [1.82, 2.24) is 19.9 Å². The average molecular weight is 419 g/mol. The lowest BCUT2D eigenvalue weighted by molar-refractivity contribution is 0.240. The second-order valence-electron chi connectivity index (χ2n) is 7.11. The Labute approximate surface area is 167 Å². The number of aryl methyl sites for hydroxylation is 1. The third-order valence-electron chi connectivity index (χ3n) is 4.94. The Bertz CT molecular complexity index is 1250. The molecule has 146 valence electrons. The molecule has 0 fully saturated rings. The molecule has 7 nitrogen and oxygen atoms in total. The number of H-pyrrole nitrogens is 1. The highest BCUT2D eigenvalue weighted by atomic mass is 35.5. The largest absolute Gasteiger partial charge is 0.297 e. The van der Waals surface area contributed by atoms with Crippen LogP contribution in [0.3, 0.4) is 0 Å². The van der Waals surface area contributed by atoms with Crippen LogP contribution in [0, 0.1) is 6.92 Å². The van der Waals surface area contributed by atoms with Crippen LogP contribution in [0.2, 0.25) is 5.15 Å². The highest BCUT2D eigenvalue weighted by Gasteiger charge is 2.24. The Morgan fingerprint density at radius 2 is 2.07 bits per heavy atom. The molecule has 0 amide bonds. The first-order valence-corrected chi connectivity index (χ1v) is 11.1. The Balaban J connectivity index is 1.63. The van der Waals surface area contributed by atoms with Crippen LogP contribution in [-0.2, 0) is 29.3 Å². The topological polar surface area (TPSA) is 96.0 Å². The minimum Gasteiger partial charge on any atom is -0.297 e. The number of benzene rings is 1. The molecule has 3 heterocycles. The average Bonchev–Trinajstić information content (AvgIpc) is 2.63. The van der Waals surface area contributed by atoms with E-state index < -0.39 is 15.4 Å². The van der Waals surface area contributed by atoms with Gasteiger partial charge < -0.3 is 0 Å². The van der Waals surface area contributed by atoms with Gasteiger partial charge in [-0.2, -0.15) is 0 Å². The highest BCUT2D eigenvalue weighted by molar-refractivity contribution is 7.90. The summed E-state index contributed by atoms with van der Waals surface area (Å²) in [5, 5.41) is 1.20. The molecule has 1 aliphatic rings. The maximum absolute atomic E-state index is 12.4. The highest BCUT2D eigenvalue weighted by Crippen LogP contribution is 2.25. The second kappa shape index (κ2) is 6.95. The Morgan fingerprint density at radius 3 is 2.82 bits per heavy atom. The van der Waals surface area contributed by atoms with Crippen LogP contribution in [0.5, 0.6) is 0 Å². The molecule has 1 aliphatic heterocycles. The number of nitrogens with one attached hydrogen (secondary N) is 1. The summed E-state index contributed by atoms with van der Waals surface area (Å²) in [7, 11) is -3.56. The van der Waals surface area contributed by atoms with Gasteiger partial charge >= 0.3 is 0 Å². The molecule has 3 aromatic rings. The van der Waals surface area contributed by atoms with E-state index >= 15 is 0 Å². The van der Waals surface area contributed by atoms with E-state index in [4.69, 9.17) is 11.6 Å². The number of para-hydroxylation sites is 1. The molecule has 1 aromatic carbocycles. The monoisotopic (exact) mass is 418 g/mol. The number of halogens is 1. The van der Waals surface area contributed by atoms with Crippen molar-refractivity contribution in [1.29, 1.82) is 0 Å². The van der Waals surface area contributed by atoms with Crippen molar-refractivity contribution >= 4 is 32.3 Å². The number of nitrogens with zero attached hydrogens (tertiary/aromatic N) is 3. The summed E-state index contributed by atoms with van der Waals surface area (Å²) in [6.45, 7) is 3.57. The third-order valence-corrected chi connectivity index (χ3v) is 6.17.